The molecule has 0 radical (unpaired) electrons. The van der Waals surface area contributed by atoms with Gasteiger partial charge in [0.2, 0.25) is 0 Å². The summed E-state index contributed by atoms with van der Waals surface area (Å²) in [6, 6.07) is 2.01. The number of likely N-dealkylation sites (tertiary alicyclic amines) is 1. The first kappa shape index (κ1) is 20.4. The molecule has 1 amide bonds. The molecule has 132 valence electrons. The third-order valence-electron chi connectivity index (χ3n) is 4.13. The predicted octanol–water partition coefficient (Wildman–Crippen LogP) is 4.00. The van der Waals surface area contributed by atoms with E-state index < -0.39 is 0 Å². The number of carbonyl (C=O) groups is 1. The monoisotopic (exact) mass is 360 g/mol. The molecular formula is C17H29ClN2O2S. The first-order valence-electron chi connectivity index (χ1n) is 8.33. The quantitative estimate of drug-likeness (QED) is 0.779. The largest absolute Gasteiger partial charge is 0.456 e. The molecule has 23 heavy (non-hydrogen) atoms. The Hall–Kier alpha value is -0.650. The molecule has 6 heteroatoms. The lowest BCUT2D eigenvalue weighted by Crippen LogP contribution is -2.39. The fourth-order valence-electron chi connectivity index (χ4n) is 2.71. The van der Waals surface area contributed by atoms with Gasteiger partial charge in [0.15, 0.2) is 5.76 Å². The highest BCUT2D eigenvalue weighted by Gasteiger charge is 2.24. The highest BCUT2D eigenvalue weighted by Crippen LogP contribution is 2.23. The van der Waals surface area contributed by atoms with E-state index in [1.54, 1.807) is 0 Å². The van der Waals surface area contributed by atoms with Crippen LogP contribution in [-0.4, -0.2) is 35.7 Å². The van der Waals surface area contributed by atoms with Crippen LogP contribution in [0.15, 0.2) is 10.5 Å². The van der Waals surface area contributed by atoms with Crippen molar-refractivity contribution in [1.82, 2.24) is 4.90 Å². The molecule has 1 aliphatic rings. The van der Waals surface area contributed by atoms with E-state index in [1.807, 2.05) is 29.7 Å². The van der Waals surface area contributed by atoms with Crippen LogP contribution >= 0.6 is 24.2 Å². The zero-order valence-corrected chi connectivity index (χ0v) is 15.8. The van der Waals surface area contributed by atoms with Crippen LogP contribution in [-0.2, 0) is 5.75 Å². The summed E-state index contributed by atoms with van der Waals surface area (Å²) in [6.07, 6.45) is 5.58. The van der Waals surface area contributed by atoms with Gasteiger partial charge in [0, 0.05) is 30.4 Å². The number of unbranched alkanes of at least 4 members (excludes halogenated alkanes) is 1. The number of halogens is 1. The van der Waals surface area contributed by atoms with Gasteiger partial charge in [-0.1, -0.05) is 19.8 Å². The minimum absolute atomic E-state index is 0. The van der Waals surface area contributed by atoms with E-state index in [0.29, 0.717) is 12.3 Å². The molecule has 2 heterocycles. The molecule has 0 spiro atoms. The third kappa shape index (κ3) is 6.05. The molecule has 0 aliphatic carbocycles. The summed E-state index contributed by atoms with van der Waals surface area (Å²) in [5.74, 6) is 3.41. The number of hydrogen-bond donors (Lipinski definition) is 1. The summed E-state index contributed by atoms with van der Waals surface area (Å²) in [7, 11) is 0. The van der Waals surface area contributed by atoms with Crippen molar-refractivity contribution in [2.24, 2.45) is 5.73 Å². The van der Waals surface area contributed by atoms with E-state index in [2.05, 4.69) is 6.92 Å². The molecule has 1 unspecified atom stereocenters. The number of aryl methyl sites for hydroxylation is 1. The van der Waals surface area contributed by atoms with E-state index >= 15 is 0 Å². The Morgan fingerprint density at radius 2 is 2.26 bits per heavy atom. The Bertz CT molecular complexity index is 493. The molecule has 2 rings (SSSR count). The maximum absolute atomic E-state index is 12.6. The van der Waals surface area contributed by atoms with Crippen LogP contribution in [0.3, 0.4) is 0 Å². The molecule has 1 aromatic heterocycles. The zero-order chi connectivity index (χ0) is 15.9. The SMILES string of the molecule is CCCCSCc1cc(C(=O)N2CCCCC(N)C2)oc1C.Cl. The number of furan rings is 1. The molecule has 1 fully saturated rings. The van der Waals surface area contributed by atoms with Crippen LogP contribution in [0.4, 0.5) is 0 Å². The summed E-state index contributed by atoms with van der Waals surface area (Å²) in [5.41, 5.74) is 7.18. The van der Waals surface area contributed by atoms with Gasteiger partial charge in [0.25, 0.3) is 5.91 Å². The van der Waals surface area contributed by atoms with Crippen molar-refractivity contribution in [2.45, 2.75) is 57.7 Å². The number of nitrogens with two attached hydrogens (primary N) is 1. The Morgan fingerprint density at radius 3 is 3.00 bits per heavy atom. The van der Waals surface area contributed by atoms with Gasteiger partial charge in [-0.3, -0.25) is 4.79 Å². The number of hydrogen-bond acceptors (Lipinski definition) is 4. The van der Waals surface area contributed by atoms with Crippen LogP contribution < -0.4 is 5.73 Å². The number of nitrogens with zero attached hydrogens (tertiary/aromatic N) is 1. The molecular weight excluding hydrogens is 332 g/mol. The molecule has 0 saturated carbocycles. The van der Waals surface area contributed by atoms with Crippen molar-refractivity contribution in [2.75, 3.05) is 18.8 Å². The molecule has 1 aliphatic heterocycles. The van der Waals surface area contributed by atoms with Crippen LogP contribution in [0.25, 0.3) is 0 Å². The normalized spacial score (nSPS) is 18.4. The average Bonchev–Trinajstić information content (AvgIpc) is 2.72. The standard InChI is InChI=1S/C17H28N2O2S.ClH/c1-3-4-9-22-12-14-10-16(21-13(14)2)17(20)19-8-6-5-7-15(18)11-19;/h10,15H,3-9,11-12,18H2,1-2H3;1H. The fraction of sp³-hybridized carbons (Fsp3) is 0.706. The van der Waals surface area contributed by atoms with Crippen molar-refractivity contribution < 1.29 is 9.21 Å². The van der Waals surface area contributed by atoms with E-state index in [4.69, 9.17) is 10.2 Å². The van der Waals surface area contributed by atoms with Crippen molar-refractivity contribution in [3.8, 4) is 0 Å². The fourth-order valence-corrected chi connectivity index (χ4v) is 3.86. The second-order valence-electron chi connectivity index (χ2n) is 6.11. The van der Waals surface area contributed by atoms with Gasteiger partial charge in [-0.2, -0.15) is 11.8 Å². The Kier molecular flexibility index (Phi) is 9.10. The number of thioether (sulfide) groups is 1. The summed E-state index contributed by atoms with van der Waals surface area (Å²) < 4.78 is 5.72. The zero-order valence-electron chi connectivity index (χ0n) is 14.2. The third-order valence-corrected chi connectivity index (χ3v) is 5.22. The van der Waals surface area contributed by atoms with Gasteiger partial charge in [-0.05, 0) is 38.0 Å². The lowest BCUT2D eigenvalue weighted by molar-refractivity contribution is 0.0721. The van der Waals surface area contributed by atoms with Crippen LogP contribution in [0.2, 0.25) is 0 Å². The molecule has 1 atom stereocenters. The topological polar surface area (TPSA) is 59.5 Å². The van der Waals surface area contributed by atoms with Crippen LogP contribution in [0, 0.1) is 6.92 Å². The second kappa shape index (κ2) is 10.3. The van der Waals surface area contributed by atoms with Gasteiger partial charge in [0.05, 0.1) is 0 Å². The highest BCUT2D eigenvalue weighted by molar-refractivity contribution is 7.98. The van der Waals surface area contributed by atoms with Gasteiger partial charge >= 0.3 is 0 Å². The molecule has 1 aromatic rings. The number of carbonyl (C=O) groups excluding carboxylic acids is 1. The van der Waals surface area contributed by atoms with Crippen molar-refractivity contribution in [1.29, 1.82) is 0 Å². The minimum atomic E-state index is -0.00902. The molecule has 1 saturated heterocycles. The van der Waals surface area contributed by atoms with E-state index in [1.165, 1.54) is 12.8 Å². The molecule has 2 N–H and O–H groups in total. The first-order valence-corrected chi connectivity index (χ1v) is 9.49. The van der Waals surface area contributed by atoms with Gasteiger partial charge in [-0.25, -0.2) is 0 Å². The summed E-state index contributed by atoms with van der Waals surface area (Å²) in [4.78, 5) is 14.5. The summed E-state index contributed by atoms with van der Waals surface area (Å²) >= 11 is 1.90. The predicted molar refractivity (Wildman–Crippen MR) is 99.5 cm³/mol. The van der Waals surface area contributed by atoms with E-state index in [9.17, 15) is 4.79 Å². The first-order chi connectivity index (χ1) is 10.6. The van der Waals surface area contributed by atoms with Crippen molar-refractivity contribution in [3.05, 3.63) is 23.2 Å². The molecule has 4 nitrogen and oxygen atoms in total. The minimum Gasteiger partial charge on any atom is -0.456 e. The Balaban J connectivity index is 0.00000264. The van der Waals surface area contributed by atoms with Crippen molar-refractivity contribution in [3.63, 3.8) is 0 Å². The molecule has 0 bridgehead atoms. The number of amides is 1. The van der Waals surface area contributed by atoms with E-state index in [-0.39, 0.29) is 24.4 Å². The Labute approximate surface area is 150 Å². The van der Waals surface area contributed by atoms with Gasteiger partial charge in [-0.15, -0.1) is 12.4 Å². The number of rotatable bonds is 6. The van der Waals surface area contributed by atoms with Crippen LogP contribution in [0.1, 0.15) is 60.9 Å². The summed E-state index contributed by atoms with van der Waals surface area (Å²) in [5, 5.41) is 0. The summed E-state index contributed by atoms with van der Waals surface area (Å²) in [6.45, 7) is 5.57. The Morgan fingerprint density at radius 1 is 1.48 bits per heavy atom. The van der Waals surface area contributed by atoms with Gasteiger partial charge < -0.3 is 15.1 Å². The molecule has 0 aromatic carbocycles. The van der Waals surface area contributed by atoms with Gasteiger partial charge in [0.1, 0.15) is 5.76 Å². The van der Waals surface area contributed by atoms with Crippen LogP contribution in [0.5, 0.6) is 0 Å². The maximum atomic E-state index is 12.6. The second-order valence-corrected chi connectivity index (χ2v) is 7.21. The van der Waals surface area contributed by atoms with E-state index in [0.717, 1.165) is 48.6 Å². The smallest absolute Gasteiger partial charge is 0.289 e. The van der Waals surface area contributed by atoms with Crippen molar-refractivity contribution >= 4 is 30.1 Å². The highest BCUT2D eigenvalue weighted by atomic mass is 35.5. The lowest BCUT2D eigenvalue weighted by Gasteiger charge is -2.21. The lowest BCUT2D eigenvalue weighted by atomic mass is 10.2. The average molecular weight is 361 g/mol. The maximum Gasteiger partial charge on any atom is 0.289 e.